The zero-order valence-electron chi connectivity index (χ0n) is 17.7. The van der Waals surface area contributed by atoms with E-state index in [1.54, 1.807) is 35.1 Å². The van der Waals surface area contributed by atoms with Crippen LogP contribution in [0.3, 0.4) is 0 Å². The molecule has 4 aromatic rings. The molecule has 0 aliphatic heterocycles. The molecule has 0 spiro atoms. The zero-order valence-corrected chi connectivity index (χ0v) is 19.3. The minimum absolute atomic E-state index is 0.256. The van der Waals surface area contributed by atoms with Gasteiger partial charge < -0.3 is 5.32 Å². The lowest BCUT2D eigenvalue weighted by atomic mass is 10.1. The number of carbonyl (C=O) groups excluding carboxylic acids is 2. The highest BCUT2D eigenvalue weighted by molar-refractivity contribution is 7.22. The summed E-state index contributed by atoms with van der Waals surface area (Å²) in [6, 6.07) is 12.2. The summed E-state index contributed by atoms with van der Waals surface area (Å²) in [5.74, 6) is -0.666. The Balaban J connectivity index is 1.63. The largest absolute Gasteiger partial charge is 0.345 e. The van der Waals surface area contributed by atoms with E-state index in [0.717, 1.165) is 5.69 Å². The molecule has 2 N–H and O–H groups in total. The number of halogens is 1. The first-order chi connectivity index (χ1) is 15.2. The maximum absolute atomic E-state index is 12.9. The molecule has 0 saturated carbocycles. The summed E-state index contributed by atoms with van der Waals surface area (Å²) in [7, 11) is 0. The fourth-order valence-corrected chi connectivity index (χ4v) is 4.14. The number of pyridine rings is 1. The average Bonchev–Trinajstić information content (AvgIpc) is 3.31. The van der Waals surface area contributed by atoms with E-state index in [1.165, 1.54) is 11.3 Å². The third-order valence-corrected chi connectivity index (χ3v) is 5.74. The smallest absolute Gasteiger partial charge is 0.273 e. The first kappa shape index (κ1) is 21.9. The van der Waals surface area contributed by atoms with E-state index in [2.05, 4.69) is 25.7 Å². The first-order valence-corrected chi connectivity index (χ1v) is 11.1. The molecule has 2 amide bonds. The number of anilines is 1. The molecule has 3 aromatic heterocycles. The number of rotatable bonds is 5. The van der Waals surface area contributed by atoms with E-state index in [1.807, 2.05) is 39.0 Å². The number of fused-ring (bicyclic) bond motifs is 1. The maximum atomic E-state index is 12.9. The van der Waals surface area contributed by atoms with E-state index in [0.29, 0.717) is 26.1 Å². The van der Waals surface area contributed by atoms with Crippen LogP contribution < -0.4 is 10.6 Å². The predicted octanol–water partition coefficient (Wildman–Crippen LogP) is 4.48. The Hall–Kier alpha value is -3.30. The molecule has 0 aliphatic rings. The van der Waals surface area contributed by atoms with Crippen LogP contribution >= 0.6 is 22.9 Å². The summed E-state index contributed by atoms with van der Waals surface area (Å²) in [5.41, 5.74) is 1.53. The standard InChI is InChI=1S/C22H21ClN6O2S/c1-22(2,3)29-18-17(16(28-29)20(31)25-12-15-9-4-5-10-24-15)32-21(26-18)27-19(30)13-7-6-8-14(23)11-13/h4-11H,12H2,1-3H3,(H,25,31)(H,26,27,30). The van der Waals surface area contributed by atoms with Crippen LogP contribution in [0, 0.1) is 0 Å². The van der Waals surface area contributed by atoms with E-state index in [4.69, 9.17) is 11.6 Å². The highest BCUT2D eigenvalue weighted by Crippen LogP contribution is 2.32. The van der Waals surface area contributed by atoms with Crippen molar-refractivity contribution in [3.05, 3.63) is 70.6 Å². The summed E-state index contributed by atoms with van der Waals surface area (Å²) in [5, 5.41) is 11.0. The summed E-state index contributed by atoms with van der Waals surface area (Å²) < 4.78 is 2.30. The van der Waals surface area contributed by atoms with Crippen molar-refractivity contribution < 1.29 is 9.59 Å². The van der Waals surface area contributed by atoms with Crippen molar-refractivity contribution in [1.29, 1.82) is 0 Å². The number of aromatic nitrogens is 4. The summed E-state index contributed by atoms with van der Waals surface area (Å²) >= 11 is 7.19. The van der Waals surface area contributed by atoms with Crippen molar-refractivity contribution in [2.75, 3.05) is 5.32 Å². The molecule has 0 fully saturated rings. The Bertz CT molecular complexity index is 1290. The monoisotopic (exact) mass is 468 g/mol. The molecule has 32 heavy (non-hydrogen) atoms. The molecule has 10 heteroatoms. The fourth-order valence-electron chi connectivity index (χ4n) is 3.03. The quantitative estimate of drug-likeness (QED) is 0.449. The molecule has 0 bridgehead atoms. The van der Waals surface area contributed by atoms with Crippen molar-refractivity contribution in [1.82, 2.24) is 25.1 Å². The number of thiazole rings is 1. The van der Waals surface area contributed by atoms with Gasteiger partial charge in [0.25, 0.3) is 11.8 Å². The lowest BCUT2D eigenvalue weighted by Crippen LogP contribution is -2.26. The van der Waals surface area contributed by atoms with Gasteiger partial charge in [-0.15, -0.1) is 0 Å². The van der Waals surface area contributed by atoms with Crippen LogP contribution in [0.4, 0.5) is 5.13 Å². The van der Waals surface area contributed by atoms with Crippen LogP contribution in [0.15, 0.2) is 48.7 Å². The molecular weight excluding hydrogens is 448 g/mol. The second kappa shape index (κ2) is 8.68. The van der Waals surface area contributed by atoms with E-state index in [9.17, 15) is 9.59 Å². The average molecular weight is 469 g/mol. The maximum Gasteiger partial charge on any atom is 0.273 e. The summed E-state index contributed by atoms with van der Waals surface area (Å²) in [6.45, 7) is 6.19. The van der Waals surface area contributed by atoms with Gasteiger partial charge >= 0.3 is 0 Å². The molecule has 0 unspecified atom stereocenters. The topological polar surface area (TPSA) is 102 Å². The summed E-state index contributed by atoms with van der Waals surface area (Å²) in [4.78, 5) is 34.3. The first-order valence-electron chi connectivity index (χ1n) is 9.87. The highest BCUT2D eigenvalue weighted by atomic mass is 35.5. The molecular formula is C22H21ClN6O2S. The predicted molar refractivity (Wildman–Crippen MR) is 125 cm³/mol. The number of hydrogen-bond donors (Lipinski definition) is 2. The molecule has 0 aliphatic carbocycles. The number of benzene rings is 1. The normalized spacial score (nSPS) is 11.5. The van der Waals surface area contributed by atoms with E-state index < -0.39 is 5.54 Å². The van der Waals surface area contributed by atoms with Gasteiger partial charge in [0.2, 0.25) is 0 Å². The van der Waals surface area contributed by atoms with Crippen LogP contribution in [-0.2, 0) is 12.1 Å². The Kier molecular flexibility index (Phi) is 5.94. The number of amides is 2. The number of nitrogens with one attached hydrogen (secondary N) is 2. The number of carbonyl (C=O) groups is 2. The highest BCUT2D eigenvalue weighted by Gasteiger charge is 2.27. The Morgan fingerprint density at radius 3 is 2.62 bits per heavy atom. The number of nitrogens with zero attached hydrogens (tertiary/aromatic N) is 4. The van der Waals surface area contributed by atoms with Gasteiger partial charge in [-0.05, 0) is 51.1 Å². The Morgan fingerprint density at radius 2 is 1.94 bits per heavy atom. The van der Waals surface area contributed by atoms with Crippen molar-refractivity contribution in [2.45, 2.75) is 32.9 Å². The van der Waals surface area contributed by atoms with Crippen molar-refractivity contribution in [3.8, 4) is 0 Å². The minimum Gasteiger partial charge on any atom is -0.345 e. The zero-order chi connectivity index (χ0) is 22.9. The van der Waals surface area contributed by atoms with E-state index >= 15 is 0 Å². The van der Waals surface area contributed by atoms with Crippen molar-refractivity contribution in [2.24, 2.45) is 0 Å². The third-order valence-electron chi connectivity index (χ3n) is 4.54. The van der Waals surface area contributed by atoms with Crippen molar-refractivity contribution in [3.63, 3.8) is 0 Å². The van der Waals surface area contributed by atoms with Crippen LogP contribution in [0.1, 0.15) is 47.3 Å². The molecule has 4 rings (SSSR count). The van der Waals surface area contributed by atoms with Gasteiger partial charge in [-0.2, -0.15) is 10.1 Å². The van der Waals surface area contributed by atoms with Gasteiger partial charge in [0, 0.05) is 16.8 Å². The second-order valence-corrected chi connectivity index (χ2v) is 9.51. The lowest BCUT2D eigenvalue weighted by Gasteiger charge is -2.19. The van der Waals surface area contributed by atoms with E-state index in [-0.39, 0.29) is 24.1 Å². The molecule has 8 nitrogen and oxygen atoms in total. The van der Waals surface area contributed by atoms with Gasteiger partial charge in [-0.1, -0.05) is 35.1 Å². The third kappa shape index (κ3) is 4.63. The Labute approximate surface area is 193 Å². The molecule has 0 saturated heterocycles. The van der Waals surface area contributed by atoms with Crippen LogP contribution in [-0.4, -0.2) is 31.6 Å². The minimum atomic E-state index is -0.417. The van der Waals surface area contributed by atoms with Gasteiger partial charge in [-0.3, -0.25) is 19.9 Å². The molecule has 0 atom stereocenters. The van der Waals surface area contributed by atoms with Gasteiger partial charge in [0.1, 0.15) is 4.70 Å². The van der Waals surface area contributed by atoms with Gasteiger partial charge in [0.15, 0.2) is 16.5 Å². The number of hydrogen-bond acceptors (Lipinski definition) is 6. The molecule has 0 radical (unpaired) electrons. The molecule has 3 heterocycles. The Morgan fingerprint density at radius 1 is 1.12 bits per heavy atom. The van der Waals surface area contributed by atoms with Crippen LogP contribution in [0.25, 0.3) is 10.3 Å². The molecule has 164 valence electrons. The molecule has 1 aromatic carbocycles. The lowest BCUT2D eigenvalue weighted by molar-refractivity contribution is 0.0944. The summed E-state index contributed by atoms with van der Waals surface area (Å²) in [6.07, 6.45) is 1.67. The van der Waals surface area contributed by atoms with Gasteiger partial charge in [-0.25, -0.2) is 4.68 Å². The van der Waals surface area contributed by atoms with Gasteiger partial charge in [0.05, 0.1) is 17.8 Å². The SMILES string of the molecule is CC(C)(C)n1nc(C(=O)NCc2ccccn2)c2sc(NC(=O)c3cccc(Cl)c3)nc21. The fraction of sp³-hybridized carbons (Fsp3) is 0.227. The van der Waals surface area contributed by atoms with Crippen LogP contribution in [0.2, 0.25) is 5.02 Å². The van der Waals surface area contributed by atoms with Crippen LogP contribution in [0.5, 0.6) is 0 Å². The van der Waals surface area contributed by atoms with Crippen molar-refractivity contribution >= 4 is 50.2 Å². The second-order valence-electron chi connectivity index (χ2n) is 8.07.